The zero-order chi connectivity index (χ0) is 13.4. The molecule has 0 aromatic heterocycles. The van der Waals surface area contributed by atoms with E-state index in [1.165, 1.54) is 6.42 Å². The van der Waals surface area contributed by atoms with Crippen LogP contribution >= 0.6 is 0 Å². The van der Waals surface area contributed by atoms with Gasteiger partial charge in [-0.05, 0) is 26.3 Å². The first-order chi connectivity index (χ1) is 9.15. The SMILES string of the molecule is CN1CCN(C(=O)C2CC(=O)N(C3CCC3)C2)CC1. The van der Waals surface area contributed by atoms with Gasteiger partial charge in [-0.2, -0.15) is 0 Å². The molecule has 2 heterocycles. The Hall–Kier alpha value is -1.10. The molecule has 0 bridgehead atoms. The molecule has 2 aliphatic heterocycles. The Morgan fingerprint density at radius 1 is 1.16 bits per heavy atom. The molecule has 0 spiro atoms. The molecule has 3 rings (SSSR count). The number of hydrogen-bond donors (Lipinski definition) is 0. The largest absolute Gasteiger partial charge is 0.340 e. The minimum Gasteiger partial charge on any atom is -0.340 e. The summed E-state index contributed by atoms with van der Waals surface area (Å²) in [5.41, 5.74) is 0. The van der Waals surface area contributed by atoms with Gasteiger partial charge < -0.3 is 14.7 Å². The van der Waals surface area contributed by atoms with E-state index >= 15 is 0 Å². The highest BCUT2D eigenvalue weighted by Gasteiger charge is 2.41. The molecule has 5 nitrogen and oxygen atoms in total. The minimum absolute atomic E-state index is 0.0866. The zero-order valence-electron chi connectivity index (χ0n) is 11.7. The summed E-state index contributed by atoms with van der Waals surface area (Å²) in [5, 5.41) is 0. The number of carbonyl (C=O) groups is 2. The molecule has 3 fully saturated rings. The predicted octanol–water partition coefficient (Wildman–Crippen LogP) is 0.161. The molecule has 5 heteroatoms. The van der Waals surface area contributed by atoms with Gasteiger partial charge in [-0.25, -0.2) is 0 Å². The van der Waals surface area contributed by atoms with Crippen molar-refractivity contribution in [1.82, 2.24) is 14.7 Å². The van der Waals surface area contributed by atoms with Crippen molar-refractivity contribution in [3.8, 4) is 0 Å². The number of piperazine rings is 1. The number of likely N-dealkylation sites (N-methyl/N-ethyl adjacent to an activating group) is 1. The summed E-state index contributed by atoms with van der Waals surface area (Å²) in [6.45, 7) is 4.17. The second-order valence-corrected chi connectivity index (χ2v) is 6.16. The number of likely N-dealkylation sites (tertiary alicyclic amines) is 1. The lowest BCUT2D eigenvalue weighted by Gasteiger charge is -2.36. The van der Waals surface area contributed by atoms with Crippen molar-refractivity contribution >= 4 is 11.8 Å². The van der Waals surface area contributed by atoms with E-state index in [4.69, 9.17) is 0 Å². The Morgan fingerprint density at radius 2 is 1.84 bits per heavy atom. The molecule has 1 atom stereocenters. The Kier molecular flexibility index (Phi) is 3.48. The van der Waals surface area contributed by atoms with E-state index in [9.17, 15) is 9.59 Å². The second-order valence-electron chi connectivity index (χ2n) is 6.16. The Morgan fingerprint density at radius 3 is 2.42 bits per heavy atom. The molecular formula is C14H23N3O2. The van der Waals surface area contributed by atoms with E-state index in [0.29, 0.717) is 19.0 Å². The van der Waals surface area contributed by atoms with Crippen molar-refractivity contribution in [3.05, 3.63) is 0 Å². The van der Waals surface area contributed by atoms with Crippen LogP contribution in [0.1, 0.15) is 25.7 Å². The van der Waals surface area contributed by atoms with Crippen LogP contribution in [-0.2, 0) is 9.59 Å². The van der Waals surface area contributed by atoms with Crippen LogP contribution in [0, 0.1) is 5.92 Å². The Bertz CT molecular complexity index is 373. The van der Waals surface area contributed by atoms with Gasteiger partial charge >= 0.3 is 0 Å². The monoisotopic (exact) mass is 265 g/mol. The number of nitrogens with zero attached hydrogens (tertiary/aromatic N) is 3. The topological polar surface area (TPSA) is 43.9 Å². The molecule has 1 unspecified atom stereocenters. The van der Waals surface area contributed by atoms with Gasteiger partial charge in [-0.3, -0.25) is 9.59 Å². The van der Waals surface area contributed by atoms with Crippen molar-refractivity contribution in [3.63, 3.8) is 0 Å². The number of carbonyl (C=O) groups excluding carboxylic acids is 2. The molecule has 1 saturated carbocycles. The van der Waals surface area contributed by atoms with Gasteiger partial charge in [0, 0.05) is 45.2 Å². The van der Waals surface area contributed by atoms with Crippen LogP contribution < -0.4 is 0 Å². The highest BCUT2D eigenvalue weighted by Crippen LogP contribution is 2.31. The third-order valence-corrected chi connectivity index (χ3v) is 4.84. The molecule has 0 aromatic carbocycles. The standard InChI is InChI=1S/C14H23N3O2/c1-15-5-7-16(8-6-15)14(19)11-9-13(18)17(10-11)12-3-2-4-12/h11-12H,2-10H2,1H3. The van der Waals surface area contributed by atoms with Crippen molar-refractivity contribution in [2.45, 2.75) is 31.7 Å². The summed E-state index contributed by atoms with van der Waals surface area (Å²) in [6, 6.07) is 0.429. The molecule has 106 valence electrons. The Balaban J connectivity index is 1.57. The van der Waals surface area contributed by atoms with Gasteiger partial charge in [0.1, 0.15) is 0 Å². The average molecular weight is 265 g/mol. The molecule has 3 aliphatic rings. The summed E-state index contributed by atoms with van der Waals surface area (Å²) in [5.74, 6) is 0.303. The van der Waals surface area contributed by atoms with Crippen molar-refractivity contribution in [2.75, 3.05) is 39.8 Å². The fourth-order valence-corrected chi connectivity index (χ4v) is 3.23. The average Bonchev–Trinajstić information content (AvgIpc) is 2.70. The lowest BCUT2D eigenvalue weighted by Crippen LogP contribution is -2.49. The maximum atomic E-state index is 12.5. The van der Waals surface area contributed by atoms with Crippen molar-refractivity contribution in [1.29, 1.82) is 0 Å². The Labute approximate surface area is 114 Å². The third-order valence-electron chi connectivity index (χ3n) is 4.84. The van der Waals surface area contributed by atoms with Crippen LogP contribution in [0.5, 0.6) is 0 Å². The molecule has 19 heavy (non-hydrogen) atoms. The molecule has 1 aliphatic carbocycles. The van der Waals surface area contributed by atoms with E-state index in [1.807, 2.05) is 9.80 Å². The molecule has 2 saturated heterocycles. The highest BCUT2D eigenvalue weighted by molar-refractivity contribution is 5.89. The molecule has 0 radical (unpaired) electrons. The summed E-state index contributed by atoms with van der Waals surface area (Å²) in [7, 11) is 2.08. The number of amides is 2. The lowest BCUT2D eigenvalue weighted by atomic mass is 9.92. The maximum Gasteiger partial charge on any atom is 0.228 e. The van der Waals surface area contributed by atoms with Crippen molar-refractivity contribution in [2.24, 2.45) is 5.92 Å². The predicted molar refractivity (Wildman–Crippen MR) is 71.5 cm³/mol. The molecule has 0 aromatic rings. The normalized spacial score (nSPS) is 29.7. The van der Waals surface area contributed by atoms with Gasteiger partial charge in [0.2, 0.25) is 11.8 Å². The van der Waals surface area contributed by atoms with E-state index in [0.717, 1.165) is 39.0 Å². The first-order valence-electron chi connectivity index (χ1n) is 7.42. The maximum absolute atomic E-state index is 12.5. The molecule has 2 amide bonds. The lowest BCUT2D eigenvalue weighted by molar-refractivity contribution is -0.137. The smallest absolute Gasteiger partial charge is 0.228 e. The third kappa shape index (κ3) is 2.48. The molecule has 0 N–H and O–H groups in total. The number of hydrogen-bond acceptors (Lipinski definition) is 3. The van der Waals surface area contributed by atoms with Crippen LogP contribution in [0.25, 0.3) is 0 Å². The van der Waals surface area contributed by atoms with E-state index < -0.39 is 0 Å². The van der Waals surface area contributed by atoms with E-state index in [1.54, 1.807) is 0 Å². The van der Waals surface area contributed by atoms with Gasteiger partial charge in [-0.15, -0.1) is 0 Å². The minimum atomic E-state index is -0.0866. The van der Waals surface area contributed by atoms with Gasteiger partial charge in [0.05, 0.1) is 5.92 Å². The molecular weight excluding hydrogens is 242 g/mol. The van der Waals surface area contributed by atoms with Crippen LogP contribution in [0.3, 0.4) is 0 Å². The second kappa shape index (κ2) is 5.12. The fraction of sp³-hybridized carbons (Fsp3) is 0.857. The van der Waals surface area contributed by atoms with Gasteiger partial charge in [0.25, 0.3) is 0 Å². The number of rotatable bonds is 2. The summed E-state index contributed by atoms with van der Waals surface area (Å²) in [6.07, 6.45) is 3.91. The van der Waals surface area contributed by atoms with E-state index in [2.05, 4.69) is 11.9 Å². The van der Waals surface area contributed by atoms with Crippen LogP contribution in [0.4, 0.5) is 0 Å². The fourth-order valence-electron chi connectivity index (χ4n) is 3.23. The zero-order valence-corrected chi connectivity index (χ0v) is 11.7. The summed E-state index contributed by atoms with van der Waals surface area (Å²) in [4.78, 5) is 30.6. The van der Waals surface area contributed by atoms with Gasteiger partial charge in [0.15, 0.2) is 0 Å². The quantitative estimate of drug-likeness (QED) is 0.714. The van der Waals surface area contributed by atoms with Crippen LogP contribution in [0.2, 0.25) is 0 Å². The van der Waals surface area contributed by atoms with Gasteiger partial charge in [-0.1, -0.05) is 0 Å². The first-order valence-corrected chi connectivity index (χ1v) is 7.42. The summed E-state index contributed by atoms with van der Waals surface area (Å²) < 4.78 is 0. The van der Waals surface area contributed by atoms with Crippen LogP contribution in [0.15, 0.2) is 0 Å². The first kappa shape index (κ1) is 12.9. The van der Waals surface area contributed by atoms with E-state index in [-0.39, 0.29) is 17.7 Å². The van der Waals surface area contributed by atoms with Crippen molar-refractivity contribution < 1.29 is 9.59 Å². The summed E-state index contributed by atoms with van der Waals surface area (Å²) >= 11 is 0. The highest BCUT2D eigenvalue weighted by atomic mass is 16.2. The van der Waals surface area contributed by atoms with Crippen LogP contribution in [-0.4, -0.2) is 72.3 Å².